The van der Waals surface area contributed by atoms with E-state index in [4.69, 9.17) is 0 Å². The molecular weight excluding hydrogens is 300 g/mol. The maximum absolute atomic E-state index is 4.01. The molecule has 1 atom stereocenters. The minimum absolute atomic E-state index is 0.374. The normalized spacial score (nSPS) is 12.4. The molecule has 0 saturated heterocycles. The second-order valence-corrected chi connectivity index (χ2v) is 6.77. The van der Waals surface area contributed by atoms with Gasteiger partial charge in [0.05, 0.1) is 0 Å². The van der Waals surface area contributed by atoms with Crippen LogP contribution in [0, 0.1) is 20.8 Å². The van der Waals surface area contributed by atoms with Crippen LogP contribution in [0.5, 0.6) is 0 Å². The summed E-state index contributed by atoms with van der Waals surface area (Å²) in [6.07, 6.45) is 5.46. The van der Waals surface area contributed by atoms with Gasteiger partial charge in [0, 0.05) is 5.92 Å². The van der Waals surface area contributed by atoms with Crippen LogP contribution in [0.3, 0.4) is 0 Å². The number of allylic oxidation sites excluding steroid dienone is 1. The van der Waals surface area contributed by atoms with Gasteiger partial charge >= 0.3 is 0 Å². The largest absolute Gasteiger partial charge is 0.0830 e. The molecule has 0 heteroatoms. The van der Waals surface area contributed by atoms with Crippen molar-refractivity contribution in [1.82, 2.24) is 0 Å². The van der Waals surface area contributed by atoms with E-state index in [9.17, 15) is 0 Å². The Morgan fingerprint density at radius 1 is 0.800 bits per heavy atom. The summed E-state index contributed by atoms with van der Waals surface area (Å²) in [5.41, 5.74) is 7.66. The van der Waals surface area contributed by atoms with Crippen LogP contribution in [0.2, 0.25) is 0 Å². The molecule has 0 nitrogen and oxygen atoms in total. The summed E-state index contributed by atoms with van der Waals surface area (Å²) in [5.74, 6) is 0.374. The van der Waals surface area contributed by atoms with Gasteiger partial charge in [-0.3, -0.25) is 0 Å². The third-order valence-electron chi connectivity index (χ3n) is 4.48. The van der Waals surface area contributed by atoms with Gasteiger partial charge in [0.15, 0.2) is 0 Å². The Morgan fingerprint density at radius 3 is 2.20 bits per heavy atom. The average molecular weight is 325 g/mol. The summed E-state index contributed by atoms with van der Waals surface area (Å²) in [6.45, 7) is 8.35. The fourth-order valence-corrected chi connectivity index (χ4v) is 3.40. The molecule has 0 heterocycles. The Balaban J connectivity index is 1.89. The Morgan fingerprint density at radius 2 is 1.52 bits per heavy atom. The van der Waals surface area contributed by atoms with Crippen LogP contribution in [0.4, 0.5) is 0 Å². The third-order valence-corrected chi connectivity index (χ3v) is 4.48. The van der Waals surface area contributed by atoms with E-state index in [1.54, 1.807) is 0 Å². The first kappa shape index (κ1) is 17.2. The number of aryl methyl sites for hydroxylation is 2. The van der Waals surface area contributed by atoms with Crippen LogP contribution in [-0.2, 0) is 0 Å². The number of hydrogen-bond acceptors (Lipinski definition) is 0. The maximum Gasteiger partial charge on any atom is 0.0124 e. The molecule has 0 spiro atoms. The van der Waals surface area contributed by atoms with Crippen molar-refractivity contribution in [3.05, 3.63) is 119 Å². The third kappa shape index (κ3) is 4.70. The highest BCUT2D eigenvalue weighted by atomic mass is 14.2. The van der Waals surface area contributed by atoms with Gasteiger partial charge in [-0.2, -0.15) is 0 Å². The van der Waals surface area contributed by atoms with Crippen molar-refractivity contribution < 1.29 is 0 Å². The summed E-state index contributed by atoms with van der Waals surface area (Å²) in [4.78, 5) is 0. The molecule has 25 heavy (non-hydrogen) atoms. The topological polar surface area (TPSA) is 0 Å². The lowest BCUT2D eigenvalue weighted by atomic mass is 9.86. The molecule has 3 rings (SSSR count). The smallest absolute Gasteiger partial charge is 0.0124 e. The summed E-state index contributed by atoms with van der Waals surface area (Å²) >= 11 is 0. The van der Waals surface area contributed by atoms with Gasteiger partial charge in [0.25, 0.3) is 0 Å². The van der Waals surface area contributed by atoms with E-state index < -0.39 is 0 Å². The second-order valence-electron chi connectivity index (χ2n) is 6.77. The molecule has 0 aliphatic carbocycles. The highest BCUT2D eigenvalue weighted by Crippen LogP contribution is 2.30. The predicted octanol–water partition coefficient (Wildman–Crippen LogP) is 6.72. The van der Waals surface area contributed by atoms with Gasteiger partial charge in [-0.15, -0.1) is 0 Å². The molecule has 1 unspecified atom stereocenters. The lowest BCUT2D eigenvalue weighted by Crippen LogP contribution is -2.01. The zero-order valence-corrected chi connectivity index (χ0v) is 15.1. The molecule has 0 amide bonds. The fourth-order valence-electron chi connectivity index (χ4n) is 3.40. The SMILES string of the molecule is [CH2]c1cccc(C=CCC(c2ccccc2)c2cc(C)cc(C)c2)c1. The van der Waals surface area contributed by atoms with E-state index >= 15 is 0 Å². The number of hydrogen-bond donors (Lipinski definition) is 0. The number of benzene rings is 3. The minimum atomic E-state index is 0.374. The standard InChI is InChI=1S/C25H25/c1-19-9-7-10-22(16-19)11-8-14-25(23-12-5-4-6-13-23)24-17-20(2)15-21(3)18-24/h4-13,15-18,25H,1,14H2,2-3H3. The van der Waals surface area contributed by atoms with Crippen molar-refractivity contribution in [2.45, 2.75) is 26.2 Å². The van der Waals surface area contributed by atoms with E-state index in [0.29, 0.717) is 5.92 Å². The Hall–Kier alpha value is -2.60. The van der Waals surface area contributed by atoms with Crippen molar-refractivity contribution in [1.29, 1.82) is 0 Å². The molecule has 0 fully saturated rings. The van der Waals surface area contributed by atoms with Crippen LogP contribution in [-0.4, -0.2) is 0 Å². The molecule has 0 bridgehead atoms. The van der Waals surface area contributed by atoms with Gasteiger partial charge in [-0.25, -0.2) is 0 Å². The van der Waals surface area contributed by atoms with Crippen molar-refractivity contribution in [2.75, 3.05) is 0 Å². The Kier molecular flexibility index (Phi) is 5.50. The summed E-state index contributed by atoms with van der Waals surface area (Å²) < 4.78 is 0. The Labute approximate surface area is 151 Å². The molecule has 0 saturated carbocycles. The molecule has 0 aromatic heterocycles. The molecule has 3 aromatic carbocycles. The lowest BCUT2D eigenvalue weighted by molar-refractivity contribution is 0.829. The van der Waals surface area contributed by atoms with Crippen molar-refractivity contribution in [2.24, 2.45) is 0 Å². The highest BCUT2D eigenvalue weighted by Gasteiger charge is 2.13. The average Bonchev–Trinajstić information content (AvgIpc) is 2.59. The molecule has 1 radical (unpaired) electrons. The van der Waals surface area contributed by atoms with Crippen LogP contribution in [0.1, 0.15) is 45.7 Å². The monoisotopic (exact) mass is 325 g/mol. The zero-order valence-electron chi connectivity index (χ0n) is 15.1. The van der Waals surface area contributed by atoms with E-state index in [-0.39, 0.29) is 0 Å². The molecule has 0 aliphatic rings. The summed E-state index contributed by atoms with van der Waals surface area (Å²) in [7, 11) is 0. The molecule has 0 aliphatic heterocycles. The first-order valence-electron chi connectivity index (χ1n) is 8.83. The second kappa shape index (κ2) is 7.98. The van der Waals surface area contributed by atoms with Gasteiger partial charge in [-0.1, -0.05) is 96.1 Å². The number of rotatable bonds is 5. The van der Waals surface area contributed by atoms with Crippen molar-refractivity contribution >= 4 is 6.08 Å². The quantitative estimate of drug-likeness (QED) is 0.488. The van der Waals surface area contributed by atoms with Crippen LogP contribution < -0.4 is 0 Å². The van der Waals surface area contributed by atoms with Crippen molar-refractivity contribution in [3.8, 4) is 0 Å². The minimum Gasteiger partial charge on any atom is -0.0830 e. The lowest BCUT2D eigenvalue weighted by Gasteiger charge is -2.18. The summed E-state index contributed by atoms with van der Waals surface area (Å²) in [5, 5.41) is 0. The first-order valence-corrected chi connectivity index (χ1v) is 8.83. The van der Waals surface area contributed by atoms with E-state index in [0.717, 1.165) is 12.0 Å². The molecule has 3 aromatic rings. The van der Waals surface area contributed by atoms with E-state index in [2.05, 4.69) is 99.7 Å². The van der Waals surface area contributed by atoms with E-state index in [1.807, 2.05) is 6.07 Å². The van der Waals surface area contributed by atoms with Crippen LogP contribution in [0.15, 0.2) is 78.9 Å². The summed E-state index contributed by atoms with van der Waals surface area (Å²) in [6, 6.07) is 26.0. The van der Waals surface area contributed by atoms with Gasteiger partial charge in [0.2, 0.25) is 0 Å². The fraction of sp³-hybridized carbons (Fsp3) is 0.160. The van der Waals surface area contributed by atoms with Gasteiger partial charge in [0.1, 0.15) is 0 Å². The van der Waals surface area contributed by atoms with Gasteiger partial charge in [-0.05, 0) is 49.4 Å². The highest BCUT2D eigenvalue weighted by molar-refractivity contribution is 5.51. The predicted molar refractivity (Wildman–Crippen MR) is 109 cm³/mol. The molecular formula is C25H25. The van der Waals surface area contributed by atoms with Crippen LogP contribution in [0.25, 0.3) is 6.08 Å². The van der Waals surface area contributed by atoms with Crippen molar-refractivity contribution in [3.63, 3.8) is 0 Å². The Bertz CT molecular complexity index is 836. The maximum atomic E-state index is 4.01. The van der Waals surface area contributed by atoms with Crippen LogP contribution >= 0.6 is 0 Å². The van der Waals surface area contributed by atoms with E-state index in [1.165, 1.54) is 27.8 Å². The first-order chi connectivity index (χ1) is 12.1. The van der Waals surface area contributed by atoms with Gasteiger partial charge < -0.3 is 0 Å². The molecule has 125 valence electrons. The zero-order chi connectivity index (χ0) is 17.6. The molecule has 0 N–H and O–H groups in total.